The van der Waals surface area contributed by atoms with Crippen molar-refractivity contribution in [1.82, 2.24) is 19.1 Å². The molecule has 1 fully saturated rings. The highest BCUT2D eigenvalue weighted by Gasteiger charge is 2.25. The van der Waals surface area contributed by atoms with Crippen molar-refractivity contribution < 1.29 is 14.6 Å². The van der Waals surface area contributed by atoms with Gasteiger partial charge in [-0.2, -0.15) is 9.97 Å². The molecule has 9 nitrogen and oxygen atoms in total. The van der Waals surface area contributed by atoms with E-state index in [9.17, 15) is 9.59 Å². The summed E-state index contributed by atoms with van der Waals surface area (Å²) in [6.45, 7) is 1.03. The molecule has 0 atom stereocenters. The van der Waals surface area contributed by atoms with Crippen molar-refractivity contribution in [3.8, 4) is 11.7 Å². The summed E-state index contributed by atoms with van der Waals surface area (Å²) in [6.07, 6.45) is 3.21. The number of anilines is 1. The van der Waals surface area contributed by atoms with E-state index in [0.29, 0.717) is 16.7 Å². The first-order chi connectivity index (χ1) is 14.0. The number of halogens is 1. The van der Waals surface area contributed by atoms with Crippen LogP contribution in [0.25, 0.3) is 16.9 Å². The van der Waals surface area contributed by atoms with Gasteiger partial charge in [-0.25, -0.2) is 4.79 Å². The largest absolute Gasteiger partial charge is 0.479 e. The summed E-state index contributed by atoms with van der Waals surface area (Å²) in [5, 5.41) is 9.35. The average Bonchev–Trinajstić information content (AvgIpc) is 3.10. The van der Waals surface area contributed by atoms with Gasteiger partial charge in [0.05, 0.1) is 10.7 Å². The summed E-state index contributed by atoms with van der Waals surface area (Å²) < 4.78 is 8.09. The second-order valence-electron chi connectivity index (χ2n) is 6.86. The van der Waals surface area contributed by atoms with Gasteiger partial charge in [0, 0.05) is 20.1 Å². The minimum atomic E-state index is -1.16. The van der Waals surface area contributed by atoms with Gasteiger partial charge < -0.3 is 14.7 Å². The summed E-state index contributed by atoms with van der Waals surface area (Å²) >= 11 is 6.45. The first kappa shape index (κ1) is 19.3. The molecule has 1 saturated heterocycles. The third kappa shape index (κ3) is 3.53. The number of hydrogen-bond acceptors (Lipinski definition) is 6. The van der Waals surface area contributed by atoms with Crippen molar-refractivity contribution in [2.24, 2.45) is 7.05 Å². The minimum absolute atomic E-state index is 0.0982. The highest BCUT2D eigenvalue weighted by molar-refractivity contribution is 6.32. The van der Waals surface area contributed by atoms with Gasteiger partial charge in [-0.1, -0.05) is 23.7 Å². The van der Waals surface area contributed by atoms with Crippen molar-refractivity contribution in [3.05, 3.63) is 39.6 Å². The molecule has 2 aromatic heterocycles. The number of fused-ring (bicyclic) bond motifs is 1. The predicted molar refractivity (Wildman–Crippen MR) is 108 cm³/mol. The number of carboxylic acid groups (broad SMARTS) is 1. The Bertz CT molecular complexity index is 1130. The monoisotopic (exact) mass is 417 g/mol. The van der Waals surface area contributed by atoms with Gasteiger partial charge >= 0.3 is 12.0 Å². The molecular weight excluding hydrogens is 398 g/mol. The van der Waals surface area contributed by atoms with Gasteiger partial charge in [0.1, 0.15) is 0 Å². The third-order valence-electron chi connectivity index (χ3n) is 4.89. The van der Waals surface area contributed by atoms with Crippen LogP contribution in [-0.2, 0) is 11.8 Å². The van der Waals surface area contributed by atoms with E-state index in [-0.39, 0.29) is 17.2 Å². The van der Waals surface area contributed by atoms with E-state index in [1.54, 1.807) is 10.6 Å². The van der Waals surface area contributed by atoms with E-state index < -0.39 is 18.1 Å². The van der Waals surface area contributed by atoms with Crippen LogP contribution in [0, 0.1) is 0 Å². The maximum absolute atomic E-state index is 13.2. The molecule has 10 heteroatoms. The van der Waals surface area contributed by atoms with Crippen LogP contribution in [0.5, 0.6) is 6.01 Å². The molecule has 1 N–H and O–H groups in total. The molecular formula is C19H20ClN5O4. The van der Waals surface area contributed by atoms with Gasteiger partial charge in [0.2, 0.25) is 5.95 Å². The Kier molecular flexibility index (Phi) is 5.14. The first-order valence-electron chi connectivity index (χ1n) is 9.31. The summed E-state index contributed by atoms with van der Waals surface area (Å²) in [6, 6.07) is 7.14. The van der Waals surface area contributed by atoms with Gasteiger partial charge in [-0.3, -0.25) is 13.9 Å². The molecule has 1 aliphatic heterocycles. The Hall–Kier alpha value is -3.07. The predicted octanol–water partition coefficient (Wildman–Crippen LogP) is 2.23. The smallest absolute Gasteiger partial charge is 0.341 e. The number of rotatable bonds is 5. The fourth-order valence-corrected chi connectivity index (χ4v) is 3.72. The summed E-state index contributed by atoms with van der Waals surface area (Å²) in [4.78, 5) is 35.1. The number of para-hydroxylation sites is 1. The Morgan fingerprint density at radius 3 is 2.62 bits per heavy atom. The van der Waals surface area contributed by atoms with Crippen molar-refractivity contribution >= 4 is 34.7 Å². The number of piperidine rings is 1. The highest BCUT2D eigenvalue weighted by Crippen LogP contribution is 2.30. The topological polar surface area (TPSA) is 102 Å². The Morgan fingerprint density at radius 1 is 1.21 bits per heavy atom. The minimum Gasteiger partial charge on any atom is -0.479 e. The number of carbonyl (C=O) groups is 1. The van der Waals surface area contributed by atoms with Crippen molar-refractivity contribution in [3.63, 3.8) is 0 Å². The molecule has 0 radical (unpaired) electrons. The van der Waals surface area contributed by atoms with Crippen molar-refractivity contribution in [2.75, 3.05) is 24.6 Å². The van der Waals surface area contributed by atoms with Crippen LogP contribution in [0.1, 0.15) is 19.3 Å². The number of carboxylic acids is 1. The molecule has 1 aromatic carbocycles. The maximum atomic E-state index is 13.2. The van der Waals surface area contributed by atoms with Crippen molar-refractivity contribution in [2.45, 2.75) is 19.3 Å². The zero-order valence-electron chi connectivity index (χ0n) is 15.8. The standard InChI is InChI=1S/C19H20ClN5O4/c1-23-17(28)15-16(22-19(23)29-11-14(26)27)21-18(24-9-5-2-6-10-24)25(15)13-8-4-3-7-12(13)20/h3-4,7-8H,2,5-6,9-11H2,1H3,(H,26,27). The molecule has 4 rings (SSSR count). The lowest BCUT2D eigenvalue weighted by molar-refractivity contribution is -0.139. The van der Waals surface area contributed by atoms with E-state index in [0.717, 1.165) is 32.4 Å². The first-order valence-corrected chi connectivity index (χ1v) is 9.69. The van der Waals surface area contributed by atoms with Crippen molar-refractivity contribution in [1.29, 1.82) is 0 Å². The number of aromatic nitrogens is 4. The van der Waals surface area contributed by atoms with E-state index in [2.05, 4.69) is 14.9 Å². The van der Waals surface area contributed by atoms with E-state index >= 15 is 0 Å². The SMILES string of the molecule is Cn1c(OCC(=O)O)nc2nc(N3CCCCC3)n(-c3ccccc3Cl)c2c1=O. The zero-order chi connectivity index (χ0) is 20.5. The fourth-order valence-electron chi connectivity index (χ4n) is 3.50. The van der Waals surface area contributed by atoms with Crippen LogP contribution >= 0.6 is 11.6 Å². The van der Waals surface area contributed by atoms with Crippen LogP contribution < -0.4 is 15.2 Å². The van der Waals surface area contributed by atoms with E-state index in [1.165, 1.54) is 11.6 Å². The lowest BCUT2D eigenvalue weighted by Crippen LogP contribution is -2.32. The molecule has 29 heavy (non-hydrogen) atoms. The average molecular weight is 418 g/mol. The van der Waals surface area contributed by atoms with Gasteiger partial charge in [-0.15, -0.1) is 0 Å². The number of hydrogen-bond donors (Lipinski definition) is 1. The van der Waals surface area contributed by atoms with E-state index in [4.69, 9.17) is 21.4 Å². The lowest BCUT2D eigenvalue weighted by atomic mass is 10.1. The Labute approximate surface area is 171 Å². The molecule has 0 unspecified atom stereocenters. The molecule has 0 amide bonds. The Balaban J connectivity index is 1.97. The molecule has 0 spiro atoms. The molecule has 0 aliphatic carbocycles. The molecule has 0 bridgehead atoms. The van der Waals surface area contributed by atoms with E-state index in [1.807, 2.05) is 18.2 Å². The maximum Gasteiger partial charge on any atom is 0.341 e. The number of imidazole rings is 1. The second kappa shape index (κ2) is 7.75. The van der Waals surface area contributed by atoms with Crippen LogP contribution in [0.4, 0.5) is 5.95 Å². The number of nitrogens with zero attached hydrogens (tertiary/aromatic N) is 5. The lowest BCUT2D eigenvalue weighted by Gasteiger charge is -2.28. The third-order valence-corrected chi connectivity index (χ3v) is 5.21. The quantitative estimate of drug-likeness (QED) is 0.679. The van der Waals surface area contributed by atoms with Gasteiger partial charge in [-0.05, 0) is 31.4 Å². The number of ether oxygens (including phenoxy) is 1. The summed E-state index contributed by atoms with van der Waals surface area (Å²) in [5.74, 6) is -0.567. The molecule has 152 valence electrons. The molecule has 1 aliphatic rings. The van der Waals surface area contributed by atoms with Crippen LogP contribution in [0.15, 0.2) is 29.1 Å². The Morgan fingerprint density at radius 2 is 1.93 bits per heavy atom. The van der Waals surface area contributed by atoms with Crippen LogP contribution in [-0.4, -0.2) is 49.9 Å². The summed E-state index contributed by atoms with van der Waals surface area (Å²) in [5.41, 5.74) is 0.694. The molecule has 3 heterocycles. The van der Waals surface area contributed by atoms with Crippen LogP contribution in [0.2, 0.25) is 5.02 Å². The number of aliphatic carboxylic acids is 1. The molecule has 0 saturated carbocycles. The van der Waals surface area contributed by atoms with Gasteiger partial charge in [0.25, 0.3) is 5.56 Å². The summed E-state index contributed by atoms with van der Waals surface area (Å²) in [7, 11) is 1.48. The zero-order valence-corrected chi connectivity index (χ0v) is 16.6. The van der Waals surface area contributed by atoms with Gasteiger partial charge in [0.15, 0.2) is 17.8 Å². The highest BCUT2D eigenvalue weighted by atomic mass is 35.5. The molecule has 3 aromatic rings. The number of benzene rings is 1. The fraction of sp³-hybridized carbons (Fsp3) is 0.368. The normalized spacial score (nSPS) is 14.3. The van der Waals surface area contributed by atoms with Crippen LogP contribution in [0.3, 0.4) is 0 Å². The second-order valence-corrected chi connectivity index (χ2v) is 7.27.